The standard InChI is InChI=1S/C16H10N4O3S/c1-8-11-12(19-14(21)16(22)23)10(7-17)24-15(11)20-13(18-8)9-5-3-2-4-6-9/h2-6H,1H3,(H,19,21)(H,22,23). The fourth-order valence-electron chi connectivity index (χ4n) is 2.25. The summed E-state index contributed by atoms with van der Waals surface area (Å²) in [6.45, 7) is 1.72. The molecule has 0 unspecified atom stereocenters. The van der Waals surface area contributed by atoms with E-state index in [4.69, 9.17) is 5.11 Å². The number of carbonyl (C=O) groups excluding carboxylic acids is 1. The number of carboxylic acid groups (broad SMARTS) is 1. The lowest BCUT2D eigenvalue weighted by molar-refractivity contribution is -0.147. The maximum Gasteiger partial charge on any atom is 0.394 e. The molecule has 0 fully saturated rings. The first-order chi connectivity index (χ1) is 11.5. The Morgan fingerprint density at radius 2 is 1.96 bits per heavy atom. The smallest absolute Gasteiger partial charge is 0.394 e. The number of benzene rings is 1. The van der Waals surface area contributed by atoms with Gasteiger partial charge in [0.1, 0.15) is 15.8 Å². The van der Waals surface area contributed by atoms with Gasteiger partial charge in [-0.3, -0.25) is 4.79 Å². The van der Waals surface area contributed by atoms with Crippen molar-refractivity contribution >= 4 is 39.1 Å². The molecule has 2 heterocycles. The zero-order chi connectivity index (χ0) is 17.3. The van der Waals surface area contributed by atoms with Crippen LogP contribution in [0.4, 0.5) is 5.69 Å². The number of nitriles is 1. The Balaban J connectivity index is 2.19. The summed E-state index contributed by atoms with van der Waals surface area (Å²) in [7, 11) is 0. The summed E-state index contributed by atoms with van der Waals surface area (Å²) in [5.74, 6) is -2.34. The van der Waals surface area contributed by atoms with Gasteiger partial charge in [0, 0.05) is 5.56 Å². The van der Waals surface area contributed by atoms with E-state index in [9.17, 15) is 14.9 Å². The van der Waals surface area contributed by atoms with Crippen molar-refractivity contribution in [3.63, 3.8) is 0 Å². The van der Waals surface area contributed by atoms with Gasteiger partial charge in [0.05, 0.1) is 16.8 Å². The van der Waals surface area contributed by atoms with E-state index >= 15 is 0 Å². The Morgan fingerprint density at radius 3 is 2.58 bits per heavy atom. The Kier molecular flexibility index (Phi) is 3.93. The first kappa shape index (κ1) is 15.6. The lowest BCUT2D eigenvalue weighted by Crippen LogP contribution is -2.22. The number of anilines is 1. The molecule has 0 saturated heterocycles. The second-order valence-corrected chi connectivity index (χ2v) is 5.86. The first-order valence-corrected chi connectivity index (χ1v) is 7.64. The van der Waals surface area contributed by atoms with E-state index < -0.39 is 11.9 Å². The summed E-state index contributed by atoms with van der Waals surface area (Å²) in [6, 6.07) is 11.3. The van der Waals surface area contributed by atoms with E-state index in [-0.39, 0.29) is 10.6 Å². The number of fused-ring (bicyclic) bond motifs is 1. The molecule has 2 aromatic heterocycles. The van der Waals surface area contributed by atoms with Gasteiger partial charge in [-0.15, -0.1) is 11.3 Å². The van der Waals surface area contributed by atoms with Crippen LogP contribution in [0.25, 0.3) is 21.6 Å². The third-order valence-electron chi connectivity index (χ3n) is 3.30. The normalized spacial score (nSPS) is 10.3. The maximum atomic E-state index is 11.5. The van der Waals surface area contributed by atoms with Crippen LogP contribution in [-0.4, -0.2) is 27.0 Å². The maximum absolute atomic E-state index is 11.5. The van der Waals surface area contributed by atoms with Gasteiger partial charge in [0.15, 0.2) is 5.82 Å². The van der Waals surface area contributed by atoms with Gasteiger partial charge in [-0.05, 0) is 6.92 Å². The second kappa shape index (κ2) is 6.06. The van der Waals surface area contributed by atoms with Crippen molar-refractivity contribution < 1.29 is 14.7 Å². The van der Waals surface area contributed by atoms with Crippen LogP contribution >= 0.6 is 11.3 Å². The van der Waals surface area contributed by atoms with Crippen molar-refractivity contribution in [1.82, 2.24) is 9.97 Å². The van der Waals surface area contributed by atoms with E-state index in [0.29, 0.717) is 21.7 Å². The van der Waals surface area contributed by atoms with Crippen LogP contribution in [0.1, 0.15) is 10.6 Å². The monoisotopic (exact) mass is 338 g/mol. The molecule has 0 saturated carbocycles. The van der Waals surface area contributed by atoms with Crippen LogP contribution in [0.2, 0.25) is 0 Å². The number of aromatic nitrogens is 2. The van der Waals surface area contributed by atoms with Crippen molar-refractivity contribution in [3.8, 4) is 17.5 Å². The highest BCUT2D eigenvalue weighted by Gasteiger charge is 2.21. The highest BCUT2D eigenvalue weighted by atomic mass is 32.1. The molecule has 1 amide bonds. The minimum absolute atomic E-state index is 0.141. The van der Waals surface area contributed by atoms with Crippen molar-refractivity contribution in [2.75, 3.05) is 5.32 Å². The molecule has 8 heteroatoms. The van der Waals surface area contributed by atoms with Crippen molar-refractivity contribution in [2.24, 2.45) is 0 Å². The molecule has 2 N–H and O–H groups in total. The molecule has 0 aliphatic carbocycles. The van der Waals surface area contributed by atoms with Gasteiger partial charge in [0.2, 0.25) is 0 Å². The number of nitrogens with one attached hydrogen (secondary N) is 1. The zero-order valence-electron chi connectivity index (χ0n) is 12.4. The molecule has 0 bridgehead atoms. The topological polar surface area (TPSA) is 116 Å². The van der Waals surface area contributed by atoms with E-state index in [2.05, 4.69) is 15.3 Å². The quantitative estimate of drug-likeness (QED) is 0.694. The summed E-state index contributed by atoms with van der Waals surface area (Å²) < 4.78 is 0. The first-order valence-electron chi connectivity index (χ1n) is 6.82. The number of thiophene rings is 1. The van der Waals surface area contributed by atoms with Crippen molar-refractivity contribution in [2.45, 2.75) is 6.92 Å². The van der Waals surface area contributed by atoms with Gasteiger partial charge < -0.3 is 10.4 Å². The van der Waals surface area contributed by atoms with E-state index in [0.717, 1.165) is 16.9 Å². The van der Waals surface area contributed by atoms with Crippen LogP contribution in [0.5, 0.6) is 0 Å². The highest BCUT2D eigenvalue weighted by Crippen LogP contribution is 2.36. The molecule has 24 heavy (non-hydrogen) atoms. The SMILES string of the molecule is Cc1nc(-c2ccccc2)nc2sc(C#N)c(NC(=O)C(=O)O)c12. The molecule has 0 aliphatic rings. The van der Waals surface area contributed by atoms with Gasteiger partial charge in [-0.25, -0.2) is 14.8 Å². The summed E-state index contributed by atoms with van der Waals surface area (Å²) in [5, 5.41) is 20.7. The van der Waals surface area contributed by atoms with Crippen LogP contribution in [0.3, 0.4) is 0 Å². The number of amides is 1. The second-order valence-electron chi connectivity index (χ2n) is 4.86. The number of hydrogen-bond donors (Lipinski definition) is 2. The molecule has 0 atom stereocenters. The minimum Gasteiger partial charge on any atom is -0.474 e. The molecule has 7 nitrogen and oxygen atoms in total. The predicted octanol–water partition coefficient (Wildman–Crippen LogP) is 2.56. The van der Waals surface area contributed by atoms with Gasteiger partial charge in [0.25, 0.3) is 0 Å². The number of hydrogen-bond acceptors (Lipinski definition) is 6. The molecule has 118 valence electrons. The number of rotatable bonds is 2. The number of carboxylic acids is 1. The van der Waals surface area contributed by atoms with Crippen LogP contribution in [-0.2, 0) is 9.59 Å². The Hall–Kier alpha value is -3.31. The average molecular weight is 338 g/mol. The van der Waals surface area contributed by atoms with Crippen molar-refractivity contribution in [3.05, 3.63) is 40.9 Å². The molecule has 0 aliphatic heterocycles. The average Bonchev–Trinajstić information content (AvgIpc) is 2.93. The highest BCUT2D eigenvalue weighted by molar-refractivity contribution is 7.20. The number of carbonyl (C=O) groups is 2. The molecular weight excluding hydrogens is 328 g/mol. The van der Waals surface area contributed by atoms with E-state index in [1.165, 1.54) is 0 Å². The number of nitrogens with zero attached hydrogens (tertiary/aromatic N) is 3. The van der Waals surface area contributed by atoms with Crippen molar-refractivity contribution in [1.29, 1.82) is 5.26 Å². The fourth-order valence-corrected chi connectivity index (χ4v) is 3.23. The molecule has 0 radical (unpaired) electrons. The van der Waals surface area contributed by atoms with Crippen LogP contribution in [0, 0.1) is 18.3 Å². The van der Waals surface area contributed by atoms with Gasteiger partial charge in [-0.2, -0.15) is 5.26 Å². The predicted molar refractivity (Wildman–Crippen MR) is 88.6 cm³/mol. The molecular formula is C16H10N4O3S. The Morgan fingerprint density at radius 1 is 1.25 bits per heavy atom. The van der Waals surface area contributed by atoms with Crippen LogP contribution in [0.15, 0.2) is 30.3 Å². The molecule has 3 aromatic rings. The van der Waals surface area contributed by atoms with Gasteiger partial charge in [-0.1, -0.05) is 30.3 Å². The summed E-state index contributed by atoms with van der Waals surface area (Å²) in [4.78, 5) is 31.8. The Bertz CT molecular complexity index is 1010. The third-order valence-corrected chi connectivity index (χ3v) is 4.29. The largest absolute Gasteiger partial charge is 0.474 e. The molecule has 3 rings (SSSR count). The number of aliphatic carboxylic acids is 1. The van der Waals surface area contributed by atoms with Gasteiger partial charge >= 0.3 is 11.9 Å². The lowest BCUT2D eigenvalue weighted by atomic mass is 10.2. The summed E-state index contributed by atoms with van der Waals surface area (Å²) in [6.07, 6.45) is 0. The number of aryl methyl sites for hydroxylation is 1. The molecule has 1 aromatic carbocycles. The summed E-state index contributed by atoms with van der Waals surface area (Å²) >= 11 is 1.08. The zero-order valence-corrected chi connectivity index (χ0v) is 13.2. The molecule has 0 spiro atoms. The summed E-state index contributed by atoms with van der Waals surface area (Å²) in [5.41, 5.74) is 1.52. The third kappa shape index (κ3) is 2.68. The van der Waals surface area contributed by atoms with Crippen LogP contribution < -0.4 is 5.32 Å². The lowest BCUT2D eigenvalue weighted by Gasteiger charge is -2.05. The Labute approximate surface area is 140 Å². The minimum atomic E-state index is -1.63. The fraction of sp³-hybridized carbons (Fsp3) is 0.0625. The van der Waals surface area contributed by atoms with E-state index in [1.54, 1.807) is 6.92 Å². The van der Waals surface area contributed by atoms with E-state index in [1.807, 2.05) is 36.4 Å².